The van der Waals surface area contributed by atoms with Crippen molar-refractivity contribution in [3.8, 4) is 5.75 Å². The van der Waals surface area contributed by atoms with E-state index in [2.05, 4.69) is 9.97 Å². The van der Waals surface area contributed by atoms with E-state index in [1.165, 1.54) is 16.2 Å². The molecule has 2 aromatic heterocycles. The molecule has 1 unspecified atom stereocenters. The first kappa shape index (κ1) is 24.9. The van der Waals surface area contributed by atoms with Crippen molar-refractivity contribution in [3.63, 3.8) is 0 Å². The molecule has 1 amide bonds. The molecule has 1 saturated heterocycles. The molecule has 0 bridgehead atoms. The van der Waals surface area contributed by atoms with Crippen LogP contribution in [0.2, 0.25) is 5.02 Å². The minimum absolute atomic E-state index is 0.0219. The first-order valence-electron chi connectivity index (χ1n) is 11.7. The number of nitrogens with zero attached hydrogens (tertiary/aromatic N) is 3. The Morgan fingerprint density at radius 3 is 2.65 bits per heavy atom. The fraction of sp³-hybridized carbons (Fsp3) is 0.214. The maximum absolute atomic E-state index is 13.5. The van der Waals surface area contributed by atoms with Crippen molar-refractivity contribution < 1.29 is 19.4 Å². The minimum atomic E-state index is -0.907. The van der Waals surface area contributed by atoms with Gasteiger partial charge in [-0.05, 0) is 65.9 Å². The molecule has 1 atom stereocenters. The lowest BCUT2D eigenvalue weighted by Crippen LogP contribution is -2.29. The summed E-state index contributed by atoms with van der Waals surface area (Å²) < 4.78 is 6.30. The predicted molar refractivity (Wildman–Crippen MR) is 145 cm³/mol. The summed E-state index contributed by atoms with van der Waals surface area (Å²) in [5, 5.41) is 12.4. The Bertz CT molecular complexity index is 1540. The molecule has 2 aromatic carbocycles. The fourth-order valence-electron chi connectivity index (χ4n) is 4.51. The molecular weight excluding hydrogens is 510 g/mol. The van der Waals surface area contributed by atoms with E-state index in [4.69, 9.17) is 16.3 Å². The molecule has 4 aromatic rings. The number of fused-ring (bicyclic) bond motifs is 1. The number of hydrogen-bond donors (Lipinski definition) is 1. The van der Waals surface area contributed by atoms with Crippen LogP contribution in [0.4, 0.5) is 5.13 Å². The van der Waals surface area contributed by atoms with E-state index in [-0.39, 0.29) is 17.3 Å². The molecule has 5 rings (SSSR count). The van der Waals surface area contributed by atoms with Crippen molar-refractivity contribution in [3.05, 3.63) is 87.7 Å². The largest absolute Gasteiger partial charge is 0.507 e. The number of carbonyl (C=O) groups excluding carboxylic acids is 2. The van der Waals surface area contributed by atoms with Crippen LogP contribution < -0.4 is 9.64 Å². The Kier molecular flexibility index (Phi) is 6.47. The van der Waals surface area contributed by atoms with Crippen LogP contribution in [-0.2, 0) is 9.59 Å². The third kappa shape index (κ3) is 4.26. The number of ether oxygens (including phenoxy) is 1. The molecule has 9 heteroatoms. The van der Waals surface area contributed by atoms with Crippen LogP contribution in [-0.4, -0.2) is 33.9 Å². The van der Waals surface area contributed by atoms with Gasteiger partial charge >= 0.3 is 5.91 Å². The summed E-state index contributed by atoms with van der Waals surface area (Å²) >= 11 is 7.58. The summed E-state index contributed by atoms with van der Waals surface area (Å²) in [5.41, 5.74) is 3.36. The number of carbonyl (C=O) groups is 2. The molecule has 37 heavy (non-hydrogen) atoms. The third-order valence-corrected chi connectivity index (χ3v) is 7.86. The van der Waals surface area contributed by atoms with E-state index in [0.717, 1.165) is 15.8 Å². The zero-order valence-corrected chi connectivity index (χ0v) is 22.2. The van der Waals surface area contributed by atoms with Crippen molar-refractivity contribution in [2.24, 2.45) is 0 Å². The maximum Gasteiger partial charge on any atom is 0.301 e. The van der Waals surface area contributed by atoms with Gasteiger partial charge in [0.25, 0.3) is 5.78 Å². The molecule has 3 heterocycles. The maximum atomic E-state index is 13.5. The predicted octanol–water partition coefficient (Wildman–Crippen LogP) is 6.41. The number of methoxy groups -OCH3 is 1. The quantitative estimate of drug-likeness (QED) is 0.181. The fourth-order valence-corrected chi connectivity index (χ4v) is 5.74. The highest BCUT2D eigenvalue weighted by atomic mass is 35.5. The van der Waals surface area contributed by atoms with E-state index in [9.17, 15) is 14.7 Å². The van der Waals surface area contributed by atoms with Gasteiger partial charge in [0.1, 0.15) is 11.5 Å². The number of aryl methyl sites for hydroxylation is 1. The van der Waals surface area contributed by atoms with Crippen molar-refractivity contribution in [1.82, 2.24) is 9.97 Å². The zero-order valence-electron chi connectivity index (χ0n) is 20.7. The van der Waals surface area contributed by atoms with Crippen LogP contribution in [0.5, 0.6) is 5.75 Å². The number of aliphatic hydroxyl groups excluding tert-OH is 1. The summed E-state index contributed by atoms with van der Waals surface area (Å²) in [6, 6.07) is 11.4. The highest BCUT2D eigenvalue weighted by molar-refractivity contribution is 7.22. The van der Waals surface area contributed by atoms with E-state index in [1.54, 1.807) is 55.9 Å². The second-order valence-electron chi connectivity index (χ2n) is 9.13. The molecule has 1 N–H and O–H groups in total. The van der Waals surface area contributed by atoms with Crippen LogP contribution in [0.3, 0.4) is 0 Å². The van der Waals surface area contributed by atoms with Gasteiger partial charge in [-0.2, -0.15) is 0 Å². The third-order valence-electron chi connectivity index (χ3n) is 6.43. The van der Waals surface area contributed by atoms with Crippen molar-refractivity contribution in [2.75, 3.05) is 12.0 Å². The molecule has 1 fully saturated rings. The highest BCUT2D eigenvalue weighted by Crippen LogP contribution is 2.45. The molecule has 0 radical (unpaired) electrons. The smallest absolute Gasteiger partial charge is 0.301 e. The second-order valence-corrected chi connectivity index (χ2v) is 10.5. The number of thiazole rings is 1. The minimum Gasteiger partial charge on any atom is -0.507 e. The van der Waals surface area contributed by atoms with Crippen molar-refractivity contribution in [1.29, 1.82) is 0 Å². The number of pyridine rings is 1. The van der Waals surface area contributed by atoms with Gasteiger partial charge < -0.3 is 9.84 Å². The molecule has 1 aliphatic rings. The number of aliphatic hydroxyl groups is 1. The van der Waals surface area contributed by atoms with Gasteiger partial charge in [-0.1, -0.05) is 42.9 Å². The van der Waals surface area contributed by atoms with Gasteiger partial charge in [0, 0.05) is 23.0 Å². The Labute approximate surface area is 223 Å². The van der Waals surface area contributed by atoms with Crippen LogP contribution in [0.1, 0.15) is 48.1 Å². The topological polar surface area (TPSA) is 92.6 Å². The Morgan fingerprint density at radius 2 is 1.97 bits per heavy atom. The molecule has 7 nitrogen and oxygen atoms in total. The number of amides is 1. The van der Waals surface area contributed by atoms with E-state index >= 15 is 0 Å². The number of aromatic nitrogens is 2. The van der Waals surface area contributed by atoms with Gasteiger partial charge in [-0.3, -0.25) is 19.5 Å². The SMILES string of the molecule is COc1ccc(/C(O)=C2\C(=O)C(=O)N(c3nc4cc(Cl)c(C)cc4s3)C2c2cccnc2)cc1C(C)C. The van der Waals surface area contributed by atoms with Crippen LogP contribution in [0, 0.1) is 6.92 Å². The van der Waals surface area contributed by atoms with Crippen molar-refractivity contribution in [2.45, 2.75) is 32.7 Å². The number of ketones is 1. The van der Waals surface area contributed by atoms with Gasteiger partial charge in [-0.15, -0.1) is 0 Å². The van der Waals surface area contributed by atoms with Gasteiger partial charge in [0.2, 0.25) is 0 Å². The lowest BCUT2D eigenvalue weighted by atomic mass is 9.94. The monoisotopic (exact) mass is 533 g/mol. The Balaban J connectivity index is 1.72. The summed E-state index contributed by atoms with van der Waals surface area (Å²) in [6.07, 6.45) is 3.19. The molecule has 188 valence electrons. The molecule has 0 spiro atoms. The van der Waals surface area contributed by atoms with Gasteiger partial charge in [-0.25, -0.2) is 4.98 Å². The molecule has 1 aliphatic heterocycles. The Hall–Kier alpha value is -3.75. The average Bonchev–Trinajstić information content (AvgIpc) is 3.41. The number of rotatable bonds is 5. The molecule has 0 aliphatic carbocycles. The van der Waals surface area contributed by atoms with Gasteiger partial charge in [0.15, 0.2) is 5.13 Å². The lowest BCUT2D eigenvalue weighted by Gasteiger charge is -2.22. The lowest BCUT2D eigenvalue weighted by molar-refractivity contribution is -0.132. The number of Topliss-reactive ketones (excluding diaryl/α,β-unsaturated/α-hetero) is 1. The first-order chi connectivity index (χ1) is 17.7. The number of hydrogen-bond acceptors (Lipinski definition) is 7. The second kappa shape index (κ2) is 9.61. The van der Waals surface area contributed by atoms with Crippen LogP contribution in [0.15, 0.2) is 60.4 Å². The molecule has 0 saturated carbocycles. The number of benzene rings is 2. The number of anilines is 1. The van der Waals surface area contributed by atoms with Gasteiger partial charge in [0.05, 0.1) is 28.9 Å². The summed E-state index contributed by atoms with van der Waals surface area (Å²) in [4.78, 5) is 37.1. The average molecular weight is 534 g/mol. The molecular formula is C28H24ClN3O4S. The summed E-state index contributed by atoms with van der Waals surface area (Å²) in [7, 11) is 1.58. The Morgan fingerprint density at radius 1 is 1.19 bits per heavy atom. The first-order valence-corrected chi connectivity index (χ1v) is 12.9. The summed E-state index contributed by atoms with van der Waals surface area (Å²) in [6.45, 7) is 5.91. The normalized spacial score (nSPS) is 17.2. The van der Waals surface area contributed by atoms with E-state index < -0.39 is 17.7 Å². The van der Waals surface area contributed by atoms with E-state index in [0.29, 0.717) is 32.5 Å². The zero-order chi connectivity index (χ0) is 26.4. The van der Waals surface area contributed by atoms with Crippen molar-refractivity contribution >= 4 is 55.7 Å². The number of halogens is 1. The van der Waals surface area contributed by atoms with E-state index in [1.807, 2.05) is 26.8 Å². The van der Waals surface area contributed by atoms with Crippen LogP contribution in [0.25, 0.3) is 16.0 Å². The summed E-state index contributed by atoms with van der Waals surface area (Å²) in [5.74, 6) is -1.03. The standard InChI is InChI=1S/C28H24ClN3O4S/c1-14(2)18-11-16(7-8-21(18)36-4)25(33)23-24(17-6-5-9-30-13-17)32(27(35)26(23)34)28-31-20-12-19(29)15(3)10-22(20)37-28/h5-14,24,33H,1-4H3/b25-23+. The highest BCUT2D eigenvalue weighted by Gasteiger charge is 2.48. The van der Waals surface area contributed by atoms with Crippen LogP contribution >= 0.6 is 22.9 Å².